The van der Waals surface area contributed by atoms with Crippen LogP contribution in [0.4, 0.5) is 0 Å². The van der Waals surface area contributed by atoms with Crippen molar-refractivity contribution in [3.8, 4) is 0 Å². The second kappa shape index (κ2) is 5.87. The fourth-order valence-electron chi connectivity index (χ4n) is 2.73. The van der Waals surface area contributed by atoms with Crippen LogP contribution < -0.4 is 10.0 Å². The molecule has 2 aliphatic rings. The highest BCUT2D eigenvalue weighted by Crippen LogP contribution is 2.21. The van der Waals surface area contributed by atoms with Gasteiger partial charge in [0.15, 0.2) is 0 Å². The minimum atomic E-state index is -3.37. The van der Waals surface area contributed by atoms with Gasteiger partial charge in [-0.15, -0.1) is 0 Å². The van der Waals surface area contributed by atoms with Crippen molar-refractivity contribution in [1.82, 2.24) is 15.0 Å². The summed E-state index contributed by atoms with van der Waals surface area (Å²) >= 11 is 0. The minimum absolute atomic E-state index is 0.108. The number of H-pyrrole nitrogens is 1. The number of hydrogen-bond acceptors (Lipinski definition) is 3. The van der Waals surface area contributed by atoms with Crippen molar-refractivity contribution in [2.45, 2.75) is 68.5 Å². The second-order valence-corrected chi connectivity index (χ2v) is 7.69. The molecular formula is C14H23N3O2S. The molecule has 0 atom stereocenters. The van der Waals surface area contributed by atoms with Crippen molar-refractivity contribution in [1.29, 1.82) is 0 Å². The third-order valence-electron chi connectivity index (χ3n) is 4.11. The summed E-state index contributed by atoms with van der Waals surface area (Å²) in [5, 5.41) is 3.37. The number of nitrogens with one attached hydrogen (secondary N) is 3. The lowest BCUT2D eigenvalue weighted by Crippen LogP contribution is -2.35. The van der Waals surface area contributed by atoms with Gasteiger partial charge in [-0.2, -0.15) is 0 Å². The predicted octanol–water partition coefficient (Wildman–Crippen LogP) is 1.88. The molecule has 0 aliphatic heterocycles. The molecule has 6 heteroatoms. The quantitative estimate of drug-likeness (QED) is 0.750. The Hall–Kier alpha value is -0.850. The Morgan fingerprint density at radius 2 is 1.85 bits per heavy atom. The van der Waals surface area contributed by atoms with Gasteiger partial charge in [-0.25, -0.2) is 13.1 Å². The van der Waals surface area contributed by atoms with E-state index in [1.165, 1.54) is 19.3 Å². The third-order valence-corrected chi connectivity index (χ3v) is 5.61. The van der Waals surface area contributed by atoms with E-state index in [9.17, 15) is 8.42 Å². The monoisotopic (exact) mass is 297 g/mol. The lowest BCUT2D eigenvalue weighted by molar-refractivity contribution is 0.412. The van der Waals surface area contributed by atoms with E-state index in [0.29, 0.717) is 17.5 Å². The van der Waals surface area contributed by atoms with Crippen LogP contribution in [0.15, 0.2) is 17.2 Å². The molecule has 0 unspecified atom stereocenters. The highest BCUT2D eigenvalue weighted by atomic mass is 32.2. The summed E-state index contributed by atoms with van der Waals surface area (Å²) in [6, 6.07) is 2.47. The molecule has 3 rings (SSSR count). The van der Waals surface area contributed by atoms with Gasteiger partial charge < -0.3 is 10.3 Å². The Balaban J connectivity index is 1.60. The average Bonchev–Trinajstić information content (AvgIpc) is 3.13. The molecule has 2 aliphatic carbocycles. The zero-order valence-electron chi connectivity index (χ0n) is 11.7. The molecule has 112 valence electrons. The fourth-order valence-corrected chi connectivity index (χ4v) is 4.05. The number of aromatic amines is 1. The summed E-state index contributed by atoms with van der Waals surface area (Å²) in [6.07, 6.45) is 9.44. The smallest absolute Gasteiger partial charge is 0.242 e. The maximum Gasteiger partial charge on any atom is 0.242 e. The summed E-state index contributed by atoms with van der Waals surface area (Å²) in [6.45, 7) is 0.712. The van der Waals surface area contributed by atoms with Crippen LogP contribution in [0.1, 0.15) is 50.6 Å². The molecule has 0 spiro atoms. The number of sulfonamides is 1. The molecule has 0 saturated heterocycles. The topological polar surface area (TPSA) is 74.0 Å². The van der Waals surface area contributed by atoms with Crippen LogP contribution in [0.2, 0.25) is 0 Å². The maximum atomic E-state index is 12.3. The van der Waals surface area contributed by atoms with E-state index < -0.39 is 10.0 Å². The average molecular weight is 297 g/mol. The molecule has 1 aromatic rings. The normalized spacial score (nSPS) is 21.2. The van der Waals surface area contributed by atoms with Crippen molar-refractivity contribution in [2.75, 3.05) is 0 Å². The molecular weight excluding hydrogens is 274 g/mol. The number of hydrogen-bond donors (Lipinski definition) is 3. The van der Waals surface area contributed by atoms with Gasteiger partial charge >= 0.3 is 0 Å². The van der Waals surface area contributed by atoms with E-state index in [1.54, 1.807) is 12.3 Å². The highest BCUT2D eigenvalue weighted by Gasteiger charge is 2.23. The van der Waals surface area contributed by atoms with Crippen LogP contribution in [-0.4, -0.2) is 25.5 Å². The van der Waals surface area contributed by atoms with Crippen molar-refractivity contribution in [3.63, 3.8) is 0 Å². The first-order chi connectivity index (χ1) is 9.63. The first-order valence-corrected chi connectivity index (χ1v) is 9.05. The van der Waals surface area contributed by atoms with Crippen LogP contribution >= 0.6 is 0 Å². The molecule has 0 aromatic carbocycles. The third kappa shape index (κ3) is 3.62. The summed E-state index contributed by atoms with van der Waals surface area (Å²) in [4.78, 5) is 3.41. The molecule has 2 fully saturated rings. The molecule has 0 bridgehead atoms. The Bertz CT molecular complexity index is 543. The minimum Gasteiger partial charge on any atom is -0.363 e. The molecule has 2 saturated carbocycles. The van der Waals surface area contributed by atoms with E-state index in [2.05, 4.69) is 15.0 Å². The van der Waals surface area contributed by atoms with E-state index in [0.717, 1.165) is 31.4 Å². The van der Waals surface area contributed by atoms with Crippen molar-refractivity contribution >= 4 is 10.0 Å². The van der Waals surface area contributed by atoms with Gasteiger partial charge in [0, 0.05) is 30.5 Å². The van der Waals surface area contributed by atoms with Crippen molar-refractivity contribution in [3.05, 3.63) is 18.0 Å². The molecule has 0 radical (unpaired) electrons. The summed E-state index contributed by atoms with van der Waals surface area (Å²) in [5.74, 6) is 0. The van der Waals surface area contributed by atoms with Gasteiger partial charge in [0.2, 0.25) is 10.0 Å². The zero-order valence-corrected chi connectivity index (χ0v) is 12.5. The van der Waals surface area contributed by atoms with Crippen LogP contribution in [0.25, 0.3) is 0 Å². The van der Waals surface area contributed by atoms with Gasteiger partial charge in [0.05, 0.1) is 4.90 Å². The molecule has 5 nitrogen and oxygen atoms in total. The standard InChI is InChI=1S/C14H23N3O2S/c18-20(19,17-12-4-2-1-3-5-12)14-8-13(16-10-14)9-15-11-6-7-11/h8,10-12,15-17H,1-7,9H2. The van der Waals surface area contributed by atoms with Crippen LogP contribution in [0.5, 0.6) is 0 Å². The summed E-state index contributed by atoms with van der Waals surface area (Å²) in [7, 11) is -3.37. The Morgan fingerprint density at radius 1 is 1.10 bits per heavy atom. The van der Waals surface area contributed by atoms with E-state index in [1.807, 2.05) is 0 Å². The van der Waals surface area contributed by atoms with Gasteiger partial charge in [-0.1, -0.05) is 19.3 Å². The van der Waals surface area contributed by atoms with Crippen LogP contribution in [0, 0.1) is 0 Å². The van der Waals surface area contributed by atoms with Crippen molar-refractivity contribution in [2.24, 2.45) is 0 Å². The van der Waals surface area contributed by atoms with E-state index in [-0.39, 0.29) is 6.04 Å². The Kier molecular flexibility index (Phi) is 4.14. The molecule has 3 N–H and O–H groups in total. The van der Waals surface area contributed by atoms with E-state index >= 15 is 0 Å². The lowest BCUT2D eigenvalue weighted by Gasteiger charge is -2.22. The zero-order chi connectivity index (χ0) is 14.0. The largest absolute Gasteiger partial charge is 0.363 e. The second-order valence-electron chi connectivity index (χ2n) is 5.97. The maximum absolute atomic E-state index is 12.3. The van der Waals surface area contributed by atoms with Crippen molar-refractivity contribution < 1.29 is 8.42 Å². The fraction of sp³-hybridized carbons (Fsp3) is 0.714. The van der Waals surface area contributed by atoms with Crippen LogP contribution in [-0.2, 0) is 16.6 Å². The highest BCUT2D eigenvalue weighted by molar-refractivity contribution is 7.89. The number of aromatic nitrogens is 1. The van der Waals surface area contributed by atoms with Gasteiger partial charge in [0.25, 0.3) is 0 Å². The molecule has 0 amide bonds. The summed E-state index contributed by atoms with van der Waals surface area (Å²) in [5.41, 5.74) is 0.931. The predicted molar refractivity (Wildman–Crippen MR) is 77.8 cm³/mol. The van der Waals surface area contributed by atoms with Gasteiger partial charge in [-0.05, 0) is 31.7 Å². The van der Waals surface area contributed by atoms with Gasteiger partial charge in [-0.3, -0.25) is 0 Å². The summed E-state index contributed by atoms with van der Waals surface area (Å²) < 4.78 is 27.5. The first-order valence-electron chi connectivity index (χ1n) is 7.56. The Morgan fingerprint density at radius 3 is 2.55 bits per heavy atom. The number of rotatable bonds is 6. The molecule has 20 heavy (non-hydrogen) atoms. The van der Waals surface area contributed by atoms with Crippen LogP contribution in [0.3, 0.4) is 0 Å². The SMILES string of the molecule is O=S(=O)(NC1CCCCC1)c1c[nH]c(CNC2CC2)c1. The Labute approximate surface area is 120 Å². The first kappa shape index (κ1) is 14.1. The van der Waals surface area contributed by atoms with E-state index in [4.69, 9.17) is 0 Å². The molecule has 1 heterocycles. The van der Waals surface area contributed by atoms with Gasteiger partial charge in [0.1, 0.15) is 0 Å². The molecule has 1 aromatic heterocycles. The lowest BCUT2D eigenvalue weighted by atomic mass is 9.96.